The van der Waals surface area contributed by atoms with E-state index in [0.717, 1.165) is 11.3 Å². The third-order valence-electron chi connectivity index (χ3n) is 2.67. The minimum Gasteiger partial charge on any atom is -0.490 e. The largest absolute Gasteiger partial charge is 0.490 e. The first-order chi connectivity index (χ1) is 7.00. The van der Waals surface area contributed by atoms with Crippen molar-refractivity contribution in [1.29, 1.82) is 0 Å². The highest BCUT2D eigenvalue weighted by Gasteiger charge is 2.08. The van der Waals surface area contributed by atoms with Gasteiger partial charge in [-0.1, -0.05) is 26.0 Å². The van der Waals surface area contributed by atoms with Crippen molar-refractivity contribution in [3.63, 3.8) is 0 Å². The van der Waals surface area contributed by atoms with Crippen molar-refractivity contribution in [3.05, 3.63) is 29.8 Å². The van der Waals surface area contributed by atoms with Gasteiger partial charge in [0.25, 0.3) is 0 Å². The lowest BCUT2D eigenvalue weighted by Crippen LogP contribution is -2.18. The third-order valence-corrected chi connectivity index (χ3v) is 2.67. The summed E-state index contributed by atoms with van der Waals surface area (Å²) in [6.07, 6.45) is 0.242. The minimum absolute atomic E-state index is 0.0848. The number of ether oxygens (including phenoxy) is 1. The normalized spacial score (nSPS) is 15.1. The van der Waals surface area contributed by atoms with Crippen LogP contribution in [0.5, 0.6) is 5.75 Å². The third kappa shape index (κ3) is 3.56. The van der Waals surface area contributed by atoms with E-state index in [0.29, 0.717) is 5.92 Å². The first-order valence-corrected chi connectivity index (χ1v) is 5.53. The quantitative estimate of drug-likeness (QED) is 0.823. The maximum Gasteiger partial charge on any atom is 0.119 e. The Morgan fingerprint density at radius 1 is 1.00 bits per heavy atom. The number of hydrogen-bond acceptors (Lipinski definition) is 2. The van der Waals surface area contributed by atoms with E-state index in [9.17, 15) is 0 Å². The number of benzene rings is 1. The van der Waals surface area contributed by atoms with Gasteiger partial charge in [0, 0.05) is 6.04 Å². The van der Waals surface area contributed by atoms with E-state index in [1.807, 2.05) is 31.2 Å². The van der Waals surface area contributed by atoms with Crippen LogP contribution in [0.3, 0.4) is 0 Å². The molecule has 0 aliphatic carbocycles. The second kappa shape index (κ2) is 5.17. The summed E-state index contributed by atoms with van der Waals surface area (Å²) < 4.78 is 5.77. The van der Waals surface area contributed by atoms with Crippen molar-refractivity contribution in [1.82, 2.24) is 0 Å². The van der Waals surface area contributed by atoms with Gasteiger partial charge in [0.15, 0.2) is 0 Å². The lowest BCUT2D eigenvalue weighted by Gasteiger charge is -2.18. The Labute approximate surface area is 92.4 Å². The maximum atomic E-state index is 5.77. The Hall–Kier alpha value is -1.02. The Kier molecular flexibility index (Phi) is 4.15. The second-order valence-electron chi connectivity index (χ2n) is 4.42. The Morgan fingerprint density at radius 2 is 1.53 bits per heavy atom. The second-order valence-corrected chi connectivity index (χ2v) is 4.42. The van der Waals surface area contributed by atoms with Crippen molar-refractivity contribution >= 4 is 0 Å². The number of nitrogens with two attached hydrogens (primary N) is 1. The lowest BCUT2D eigenvalue weighted by atomic mass is 10.1. The molecule has 0 fully saturated rings. The zero-order valence-corrected chi connectivity index (χ0v) is 10.0. The van der Waals surface area contributed by atoms with Crippen LogP contribution in [-0.4, -0.2) is 6.10 Å². The zero-order chi connectivity index (χ0) is 11.4. The standard InChI is InChI=1S/C13H21NO/c1-9(2)11(4)15-13-7-5-12(6-8-13)10(3)14/h5-11H,14H2,1-4H3/t10-,11?/m1/s1. The summed E-state index contributed by atoms with van der Waals surface area (Å²) in [7, 11) is 0. The van der Waals surface area contributed by atoms with Crippen molar-refractivity contribution in [3.8, 4) is 5.75 Å². The molecule has 1 unspecified atom stereocenters. The van der Waals surface area contributed by atoms with E-state index in [1.165, 1.54) is 0 Å². The maximum absolute atomic E-state index is 5.77. The summed E-state index contributed by atoms with van der Waals surface area (Å²) in [5.41, 5.74) is 6.91. The molecule has 1 aromatic carbocycles. The predicted molar refractivity (Wildman–Crippen MR) is 64.0 cm³/mol. The van der Waals surface area contributed by atoms with Gasteiger partial charge in [0.2, 0.25) is 0 Å². The van der Waals surface area contributed by atoms with E-state index in [-0.39, 0.29) is 12.1 Å². The molecule has 0 spiro atoms. The zero-order valence-electron chi connectivity index (χ0n) is 10.0. The van der Waals surface area contributed by atoms with Gasteiger partial charge in [0.05, 0.1) is 6.10 Å². The van der Waals surface area contributed by atoms with Crippen LogP contribution in [0.1, 0.15) is 39.3 Å². The molecule has 0 amide bonds. The molecular weight excluding hydrogens is 186 g/mol. The van der Waals surface area contributed by atoms with Gasteiger partial charge in [-0.05, 0) is 37.5 Å². The summed E-state index contributed by atoms with van der Waals surface area (Å²) >= 11 is 0. The van der Waals surface area contributed by atoms with E-state index < -0.39 is 0 Å². The number of hydrogen-bond donors (Lipinski definition) is 1. The molecule has 2 nitrogen and oxygen atoms in total. The molecule has 0 bridgehead atoms. The van der Waals surface area contributed by atoms with Crippen LogP contribution in [0, 0.1) is 5.92 Å². The Morgan fingerprint density at radius 3 is 1.93 bits per heavy atom. The molecule has 15 heavy (non-hydrogen) atoms. The fraction of sp³-hybridized carbons (Fsp3) is 0.538. The van der Waals surface area contributed by atoms with Crippen molar-refractivity contribution in [2.75, 3.05) is 0 Å². The molecule has 2 heteroatoms. The highest BCUT2D eigenvalue weighted by molar-refractivity contribution is 5.28. The molecule has 2 N–H and O–H groups in total. The first-order valence-electron chi connectivity index (χ1n) is 5.53. The fourth-order valence-electron chi connectivity index (χ4n) is 1.20. The van der Waals surface area contributed by atoms with Gasteiger partial charge in [0.1, 0.15) is 5.75 Å². The summed E-state index contributed by atoms with van der Waals surface area (Å²) in [5, 5.41) is 0. The van der Waals surface area contributed by atoms with Gasteiger partial charge in [-0.2, -0.15) is 0 Å². The molecule has 0 aromatic heterocycles. The van der Waals surface area contributed by atoms with Crippen LogP contribution >= 0.6 is 0 Å². The van der Waals surface area contributed by atoms with Crippen LogP contribution in [-0.2, 0) is 0 Å². The molecule has 2 atom stereocenters. The van der Waals surface area contributed by atoms with Crippen LogP contribution < -0.4 is 10.5 Å². The smallest absolute Gasteiger partial charge is 0.119 e. The van der Waals surface area contributed by atoms with Crippen LogP contribution in [0.2, 0.25) is 0 Å². The fourth-order valence-corrected chi connectivity index (χ4v) is 1.20. The van der Waals surface area contributed by atoms with E-state index in [4.69, 9.17) is 10.5 Å². The number of rotatable bonds is 4. The molecule has 0 saturated heterocycles. The van der Waals surface area contributed by atoms with Crippen molar-refractivity contribution in [2.45, 2.75) is 39.8 Å². The highest BCUT2D eigenvalue weighted by Crippen LogP contribution is 2.18. The molecule has 0 aliphatic heterocycles. The van der Waals surface area contributed by atoms with Gasteiger partial charge in [-0.25, -0.2) is 0 Å². The van der Waals surface area contributed by atoms with E-state index in [1.54, 1.807) is 0 Å². The molecule has 84 valence electrons. The monoisotopic (exact) mass is 207 g/mol. The van der Waals surface area contributed by atoms with E-state index >= 15 is 0 Å². The topological polar surface area (TPSA) is 35.2 Å². The Bertz CT molecular complexity index is 290. The average molecular weight is 207 g/mol. The van der Waals surface area contributed by atoms with Crippen LogP contribution in [0.25, 0.3) is 0 Å². The van der Waals surface area contributed by atoms with Gasteiger partial charge < -0.3 is 10.5 Å². The molecule has 0 aliphatic rings. The molecule has 1 aromatic rings. The van der Waals surface area contributed by atoms with Crippen LogP contribution in [0.15, 0.2) is 24.3 Å². The molecule has 0 heterocycles. The van der Waals surface area contributed by atoms with Gasteiger partial charge in [-0.3, -0.25) is 0 Å². The van der Waals surface area contributed by atoms with E-state index in [2.05, 4.69) is 20.8 Å². The molecular formula is C13H21NO. The summed E-state index contributed by atoms with van der Waals surface area (Å²) in [6.45, 7) is 8.37. The van der Waals surface area contributed by atoms with Gasteiger partial charge in [-0.15, -0.1) is 0 Å². The van der Waals surface area contributed by atoms with Crippen LogP contribution in [0.4, 0.5) is 0 Å². The summed E-state index contributed by atoms with van der Waals surface area (Å²) in [4.78, 5) is 0. The first kappa shape index (κ1) is 12.1. The lowest BCUT2D eigenvalue weighted by molar-refractivity contribution is 0.170. The van der Waals surface area contributed by atoms with Crippen molar-refractivity contribution in [2.24, 2.45) is 11.7 Å². The van der Waals surface area contributed by atoms with Crippen molar-refractivity contribution < 1.29 is 4.74 Å². The molecule has 1 rings (SSSR count). The Balaban J connectivity index is 2.64. The minimum atomic E-state index is 0.0848. The highest BCUT2D eigenvalue weighted by atomic mass is 16.5. The summed E-state index contributed by atoms with van der Waals surface area (Å²) in [5.74, 6) is 1.44. The predicted octanol–water partition coefficient (Wildman–Crippen LogP) is 3.13. The molecule has 0 saturated carbocycles. The SMILES string of the molecule is CC(C)C(C)Oc1ccc([C@@H](C)N)cc1. The average Bonchev–Trinajstić information content (AvgIpc) is 2.18. The molecule has 0 radical (unpaired) electrons. The van der Waals surface area contributed by atoms with Gasteiger partial charge >= 0.3 is 0 Å². The summed E-state index contributed by atoms with van der Waals surface area (Å²) in [6, 6.07) is 8.09.